The van der Waals surface area contributed by atoms with Gasteiger partial charge in [0, 0.05) is 0 Å². The second-order valence-electron chi connectivity index (χ2n) is 21.3. The zero-order chi connectivity index (χ0) is 53.0. The van der Waals surface area contributed by atoms with Crippen molar-refractivity contribution in [3.8, 4) is 11.5 Å². The Morgan fingerprint density at radius 2 is 1.38 bits per heavy atom. The summed E-state index contributed by atoms with van der Waals surface area (Å²) < 4.78 is 69.1. The molecule has 5 aromatic carbocycles. The topological polar surface area (TPSA) is 108 Å². The molecule has 1 aliphatic heterocycles. The molecule has 0 spiro atoms. The van der Waals surface area contributed by atoms with Crippen molar-refractivity contribution < 1.29 is 51.6 Å². The fraction of sp³-hybridized carbons (Fsp3) is 0.424. The monoisotopic (exact) mass is 1100 g/mol. The maximum atomic E-state index is 17.8. The van der Waals surface area contributed by atoms with Crippen LogP contribution in [0.25, 0.3) is 0 Å². The van der Waals surface area contributed by atoms with Gasteiger partial charge in [0.05, 0.1) is 0 Å². The van der Waals surface area contributed by atoms with E-state index in [-0.39, 0.29) is 49.5 Å². The SMILES string of the molecule is COCOc1cc(OC)cc(C(CC[C@@H]2OC(C)(C)O[C@@H]2C(OC(=O)c2ccccc2)/C(F)=C\[C@H](C)[C@H](C)O[Si](c2ccccc2)(c2ccccc2)C(C)(C)C)[Se]c2ccccc2)c1C(=O)OCC[Si](C)(C)C. The summed E-state index contributed by atoms with van der Waals surface area (Å²) in [6.45, 7) is 21.0. The minimum absolute atomic E-state index is 0.106. The fourth-order valence-electron chi connectivity index (χ4n) is 9.16. The summed E-state index contributed by atoms with van der Waals surface area (Å²) in [6, 6.07) is 43.7. The molecule has 1 heterocycles. The first-order valence-electron chi connectivity index (χ1n) is 25.2. The Balaban J connectivity index is 1.39. The number of rotatable bonds is 24. The van der Waals surface area contributed by atoms with Crippen LogP contribution in [0.4, 0.5) is 4.39 Å². The number of hydrogen-bond acceptors (Lipinski definition) is 10. The molecule has 0 bridgehead atoms. The van der Waals surface area contributed by atoms with Crippen LogP contribution in [0, 0.1) is 5.92 Å². The van der Waals surface area contributed by atoms with E-state index in [0.717, 1.165) is 20.9 Å². The molecule has 73 heavy (non-hydrogen) atoms. The molecule has 1 saturated heterocycles. The van der Waals surface area contributed by atoms with Crippen LogP contribution in [-0.2, 0) is 28.1 Å². The van der Waals surface area contributed by atoms with Gasteiger partial charge in [-0.1, -0.05) is 81.4 Å². The molecule has 10 nitrogen and oxygen atoms in total. The molecule has 14 heteroatoms. The molecule has 1 fully saturated rings. The molecule has 0 N–H and O–H groups in total. The number of methoxy groups -OCH3 is 2. The molecule has 5 aromatic rings. The Hall–Kier alpha value is -4.90. The van der Waals surface area contributed by atoms with Crippen LogP contribution in [0.3, 0.4) is 0 Å². The van der Waals surface area contributed by atoms with Gasteiger partial charge in [-0.15, -0.1) is 0 Å². The van der Waals surface area contributed by atoms with Gasteiger partial charge in [-0.2, -0.15) is 0 Å². The van der Waals surface area contributed by atoms with E-state index in [0.29, 0.717) is 29.7 Å². The van der Waals surface area contributed by atoms with Gasteiger partial charge in [0.15, 0.2) is 0 Å². The normalized spacial score (nSPS) is 17.8. The molecule has 0 saturated carbocycles. The molecule has 1 aliphatic rings. The van der Waals surface area contributed by atoms with Crippen LogP contribution < -0.4 is 24.3 Å². The zero-order valence-corrected chi connectivity index (χ0v) is 48.4. The van der Waals surface area contributed by atoms with Crippen molar-refractivity contribution in [3.05, 3.63) is 162 Å². The Morgan fingerprint density at radius 3 is 1.93 bits per heavy atom. The molecule has 0 aromatic heterocycles. The molecular formula is C59H75FO10SeSi2. The number of carbonyl (C=O) groups excluding carboxylic acids is 2. The van der Waals surface area contributed by atoms with Gasteiger partial charge in [0.1, 0.15) is 0 Å². The van der Waals surface area contributed by atoms with Crippen LogP contribution in [0.5, 0.6) is 11.5 Å². The first-order valence-corrected chi connectivity index (χ1v) is 32.6. The van der Waals surface area contributed by atoms with Gasteiger partial charge in [0.25, 0.3) is 0 Å². The summed E-state index contributed by atoms with van der Waals surface area (Å²) in [5, 5.41) is 1.91. The maximum absolute atomic E-state index is 17.8. The van der Waals surface area contributed by atoms with Gasteiger partial charge in [-0.3, -0.25) is 0 Å². The predicted octanol–water partition coefficient (Wildman–Crippen LogP) is 11.2. The van der Waals surface area contributed by atoms with Crippen LogP contribution in [0.15, 0.2) is 145 Å². The predicted molar refractivity (Wildman–Crippen MR) is 294 cm³/mol. The molecule has 0 amide bonds. The van der Waals surface area contributed by atoms with Crippen molar-refractivity contribution in [1.29, 1.82) is 0 Å². The van der Waals surface area contributed by atoms with Gasteiger partial charge < -0.3 is 0 Å². The second-order valence-corrected chi connectivity index (χ2v) is 33.9. The van der Waals surface area contributed by atoms with Crippen molar-refractivity contribution >= 4 is 58.1 Å². The van der Waals surface area contributed by atoms with E-state index in [4.69, 9.17) is 37.6 Å². The fourth-order valence-corrected chi connectivity index (χ4v) is 17.2. The first kappa shape index (κ1) is 57.4. The van der Waals surface area contributed by atoms with Crippen LogP contribution in [0.1, 0.15) is 92.4 Å². The Kier molecular flexibility index (Phi) is 20.1. The molecular weight excluding hydrogens is 1020 g/mol. The summed E-state index contributed by atoms with van der Waals surface area (Å²) >= 11 is -0.273. The summed E-state index contributed by atoms with van der Waals surface area (Å²) in [5.41, 5.74) is 1.25. The van der Waals surface area contributed by atoms with E-state index in [9.17, 15) is 9.59 Å². The number of carbonyl (C=O) groups is 2. The third-order valence-corrected chi connectivity index (χ3v) is 22.6. The molecule has 6 atom stereocenters. The van der Waals surface area contributed by atoms with E-state index in [1.165, 1.54) is 13.2 Å². The van der Waals surface area contributed by atoms with Crippen molar-refractivity contribution in [2.24, 2.45) is 5.92 Å². The van der Waals surface area contributed by atoms with E-state index in [1.54, 1.807) is 57.4 Å². The Labute approximate surface area is 441 Å². The molecule has 0 radical (unpaired) electrons. The summed E-state index contributed by atoms with van der Waals surface area (Å²) in [7, 11) is -1.49. The molecule has 2 unspecified atom stereocenters. The quantitative estimate of drug-likeness (QED) is 0.0337. The van der Waals surface area contributed by atoms with Crippen molar-refractivity contribution in [3.63, 3.8) is 0 Å². The summed E-state index contributed by atoms with van der Waals surface area (Å²) in [4.78, 5) is 28.2. The number of ether oxygens (including phenoxy) is 7. The van der Waals surface area contributed by atoms with Crippen LogP contribution in [0.2, 0.25) is 30.7 Å². The average Bonchev–Trinajstić information content (AvgIpc) is 3.68. The van der Waals surface area contributed by atoms with Crippen LogP contribution in [-0.4, -0.2) is 101 Å². The minimum atomic E-state index is -3.03. The Bertz CT molecular complexity index is 2530. The van der Waals surface area contributed by atoms with Crippen molar-refractivity contribution in [2.75, 3.05) is 27.6 Å². The van der Waals surface area contributed by atoms with Gasteiger partial charge in [0.2, 0.25) is 0 Å². The number of esters is 2. The van der Waals surface area contributed by atoms with Crippen LogP contribution >= 0.6 is 0 Å². The third-order valence-electron chi connectivity index (χ3n) is 13.0. The van der Waals surface area contributed by atoms with Gasteiger partial charge in [-0.05, 0) is 15.4 Å². The Morgan fingerprint density at radius 1 is 0.808 bits per heavy atom. The number of benzene rings is 5. The molecule has 392 valence electrons. The third kappa shape index (κ3) is 15.1. The van der Waals surface area contributed by atoms with Gasteiger partial charge >= 0.3 is 347 Å². The van der Waals surface area contributed by atoms with Crippen molar-refractivity contribution in [2.45, 2.75) is 127 Å². The average molecular weight is 1100 g/mol. The van der Waals surface area contributed by atoms with E-state index in [2.05, 4.69) is 76.8 Å². The van der Waals surface area contributed by atoms with E-state index >= 15 is 4.39 Å². The standard InChI is InChI=1S/C59H75FO10SeSi2/c1-41(42(2)70-73(58(3,4)5,46-29-21-15-22-30-46)47-31-23-16-24-32-47)37-49(60)54(67-56(61)43-25-17-13-18-26-43)55-50(68-59(6,7)69-55)33-34-52(71-45-27-19-14-20-28-45)48-38-44(64-9)39-51(66-40-63-8)53(48)57(62)65-35-36-72(10,11)12/h13-32,37-39,41-42,50,52,54-55H,33-36,40H2,1-12H3/b49-37+/t41-,42-,50-,52?,54?,55-/m0/s1. The number of hydrogen-bond donors (Lipinski definition) is 0. The second kappa shape index (κ2) is 25.6. The van der Waals surface area contributed by atoms with E-state index in [1.807, 2.05) is 74.5 Å². The number of halogens is 1. The van der Waals surface area contributed by atoms with Crippen molar-refractivity contribution in [1.82, 2.24) is 0 Å². The van der Waals surface area contributed by atoms with Gasteiger partial charge in [-0.25, -0.2) is 0 Å². The molecule has 6 rings (SSSR count). The first-order chi connectivity index (χ1) is 34.7. The summed E-state index contributed by atoms with van der Waals surface area (Å²) in [5.74, 6) is -2.77. The van der Waals surface area contributed by atoms with E-state index < -0.39 is 70.3 Å². The summed E-state index contributed by atoms with van der Waals surface area (Å²) in [6.07, 6.45) is -1.52. The zero-order valence-electron chi connectivity index (χ0n) is 44.6. The molecule has 0 aliphatic carbocycles.